The third kappa shape index (κ3) is 3.60. The van der Waals surface area contributed by atoms with Crippen LogP contribution in [-0.4, -0.2) is 28.1 Å². The Balaban J connectivity index is 2.26. The molecule has 0 aliphatic heterocycles. The molecular weight excluding hydrogens is 406 g/mol. The minimum atomic E-state index is -0.498. The van der Waals surface area contributed by atoms with Crippen LogP contribution < -0.4 is 5.32 Å². The first-order valence-corrected chi connectivity index (χ1v) is 8.52. The topological polar surface area (TPSA) is 59.8 Å². The lowest BCUT2D eigenvalue weighted by molar-refractivity contribution is 0.238. The lowest BCUT2D eigenvalue weighted by atomic mass is 10.0. The van der Waals surface area contributed by atoms with E-state index in [1.807, 2.05) is 0 Å². The molecule has 0 fully saturated rings. The number of nitrogens with one attached hydrogen (secondary N) is 1. The van der Waals surface area contributed by atoms with E-state index in [0.29, 0.717) is 42.6 Å². The van der Waals surface area contributed by atoms with Crippen molar-refractivity contribution in [2.45, 2.75) is 0 Å². The molecule has 25 heavy (non-hydrogen) atoms. The highest BCUT2D eigenvalue weighted by Crippen LogP contribution is 2.38. The second kappa shape index (κ2) is 7.22. The predicted octanol–water partition coefficient (Wildman–Crippen LogP) is 5.41. The van der Waals surface area contributed by atoms with E-state index >= 15 is 0 Å². The Hall–Kier alpha value is -1.79. The second-order valence-corrected chi connectivity index (χ2v) is 6.68. The van der Waals surface area contributed by atoms with Crippen molar-refractivity contribution in [3.05, 3.63) is 56.5 Å². The molecule has 0 atom stereocenters. The number of carbonyl (C=O) groups excluding carboxylic acids is 1. The summed E-state index contributed by atoms with van der Waals surface area (Å²) in [5, 5.41) is 12.7. The minimum Gasteiger partial charge on any atom is -0.338 e. The monoisotopic (exact) mass is 414 g/mol. The molecule has 0 unspecified atom stereocenters. The number of halogens is 4. The molecule has 0 radical (unpaired) electrons. The summed E-state index contributed by atoms with van der Waals surface area (Å²) in [4.78, 5) is 12.9. The number of carbonyl (C=O) groups is 1. The third-order valence-electron chi connectivity index (χ3n) is 3.38. The highest BCUT2D eigenvalue weighted by atomic mass is 35.5. The number of amides is 1. The van der Waals surface area contributed by atoms with E-state index in [0.717, 1.165) is 4.80 Å². The molecule has 0 bridgehead atoms. The van der Waals surface area contributed by atoms with Crippen molar-refractivity contribution in [1.82, 2.24) is 20.3 Å². The average Bonchev–Trinajstić information content (AvgIpc) is 2.99. The fraction of sp³-hybridized carbons (Fsp3) is 0.0625. The molecule has 0 saturated carbocycles. The SMILES string of the molecule is CNC(=O)n1nc(-c2ccc(Cl)cc2Cl)c(-c2ccc(Cl)cc2Cl)n1. The molecule has 128 valence electrons. The van der Waals surface area contributed by atoms with Crippen LogP contribution in [-0.2, 0) is 0 Å². The van der Waals surface area contributed by atoms with Gasteiger partial charge >= 0.3 is 6.03 Å². The normalized spacial score (nSPS) is 10.8. The molecule has 3 rings (SSSR count). The van der Waals surface area contributed by atoms with Gasteiger partial charge in [0.1, 0.15) is 11.4 Å². The number of rotatable bonds is 2. The van der Waals surface area contributed by atoms with Crippen LogP contribution >= 0.6 is 46.4 Å². The summed E-state index contributed by atoms with van der Waals surface area (Å²) in [6.45, 7) is 0. The summed E-state index contributed by atoms with van der Waals surface area (Å²) in [6.07, 6.45) is 0. The van der Waals surface area contributed by atoms with Crippen LogP contribution in [0.2, 0.25) is 20.1 Å². The van der Waals surface area contributed by atoms with Crippen molar-refractivity contribution >= 4 is 52.4 Å². The summed E-state index contributed by atoms with van der Waals surface area (Å²) >= 11 is 24.5. The van der Waals surface area contributed by atoms with Crippen LogP contribution in [0.5, 0.6) is 0 Å². The maximum atomic E-state index is 11.9. The molecule has 1 N–H and O–H groups in total. The first kappa shape index (κ1) is 18.0. The molecule has 1 heterocycles. The van der Waals surface area contributed by atoms with Gasteiger partial charge in [-0.2, -0.15) is 0 Å². The lowest BCUT2D eigenvalue weighted by Gasteiger charge is -2.06. The van der Waals surface area contributed by atoms with Crippen molar-refractivity contribution in [3.8, 4) is 22.5 Å². The summed E-state index contributed by atoms with van der Waals surface area (Å²) in [7, 11) is 1.48. The van der Waals surface area contributed by atoms with Crippen molar-refractivity contribution in [2.24, 2.45) is 0 Å². The van der Waals surface area contributed by atoms with Crippen LogP contribution in [0.25, 0.3) is 22.5 Å². The third-order valence-corrected chi connectivity index (χ3v) is 4.48. The molecule has 5 nitrogen and oxygen atoms in total. The van der Waals surface area contributed by atoms with Gasteiger partial charge in [0.05, 0.1) is 10.0 Å². The number of benzene rings is 2. The van der Waals surface area contributed by atoms with Crippen molar-refractivity contribution in [1.29, 1.82) is 0 Å². The van der Waals surface area contributed by atoms with Crippen molar-refractivity contribution < 1.29 is 4.79 Å². The second-order valence-electron chi connectivity index (χ2n) is 4.99. The average molecular weight is 416 g/mol. The highest BCUT2D eigenvalue weighted by molar-refractivity contribution is 6.37. The Morgan fingerprint density at radius 3 is 1.68 bits per heavy atom. The zero-order chi connectivity index (χ0) is 18.1. The molecule has 3 aromatic rings. The Kier molecular flexibility index (Phi) is 5.20. The summed E-state index contributed by atoms with van der Waals surface area (Å²) in [6, 6.07) is 9.44. The van der Waals surface area contributed by atoms with Gasteiger partial charge in [0.25, 0.3) is 0 Å². The molecular formula is C16H10Cl4N4O. The van der Waals surface area contributed by atoms with Crippen molar-refractivity contribution in [2.75, 3.05) is 7.05 Å². The summed E-state index contributed by atoms with van der Waals surface area (Å²) in [5.74, 6) is 0. The molecule has 1 amide bonds. The number of aromatic nitrogens is 3. The van der Waals surface area contributed by atoms with E-state index in [1.54, 1.807) is 36.4 Å². The van der Waals surface area contributed by atoms with Gasteiger partial charge in [0.2, 0.25) is 0 Å². The smallest absolute Gasteiger partial charge is 0.338 e. The van der Waals surface area contributed by atoms with Crippen LogP contribution in [0.4, 0.5) is 4.79 Å². The molecule has 0 aliphatic carbocycles. The number of nitrogens with zero attached hydrogens (tertiary/aromatic N) is 3. The molecule has 1 aromatic heterocycles. The van der Waals surface area contributed by atoms with Crippen molar-refractivity contribution in [3.63, 3.8) is 0 Å². The van der Waals surface area contributed by atoms with Crippen LogP contribution in [0.1, 0.15) is 0 Å². The maximum Gasteiger partial charge on any atom is 0.359 e. The molecule has 0 aliphatic rings. The maximum absolute atomic E-state index is 11.9. The Morgan fingerprint density at radius 2 is 1.32 bits per heavy atom. The van der Waals surface area contributed by atoms with Gasteiger partial charge in [-0.1, -0.05) is 51.2 Å². The van der Waals surface area contributed by atoms with Gasteiger partial charge in [0.15, 0.2) is 0 Å². The zero-order valence-electron chi connectivity index (χ0n) is 12.7. The van der Waals surface area contributed by atoms with Crippen LogP contribution in [0.15, 0.2) is 36.4 Å². The fourth-order valence-electron chi connectivity index (χ4n) is 2.22. The van der Waals surface area contributed by atoms with Crippen LogP contribution in [0, 0.1) is 0 Å². The van der Waals surface area contributed by atoms with Gasteiger partial charge in [0, 0.05) is 28.2 Å². The first-order valence-electron chi connectivity index (χ1n) is 7.01. The minimum absolute atomic E-state index is 0.378. The largest absolute Gasteiger partial charge is 0.359 e. The zero-order valence-corrected chi connectivity index (χ0v) is 15.7. The summed E-state index contributed by atoms with van der Waals surface area (Å²) in [5.41, 5.74) is 1.94. The molecule has 2 aromatic carbocycles. The lowest BCUT2D eigenvalue weighted by Crippen LogP contribution is -2.26. The van der Waals surface area contributed by atoms with E-state index in [1.165, 1.54) is 7.05 Å². The quantitative estimate of drug-likeness (QED) is 0.608. The Bertz CT molecular complexity index is 902. The van der Waals surface area contributed by atoms with E-state index in [2.05, 4.69) is 15.5 Å². The Morgan fingerprint density at radius 1 is 0.880 bits per heavy atom. The van der Waals surface area contributed by atoms with E-state index in [4.69, 9.17) is 46.4 Å². The standard InChI is InChI=1S/C16H10Cl4N4O/c1-21-16(25)24-22-14(10-4-2-8(17)6-12(10)19)15(23-24)11-5-3-9(18)7-13(11)20/h2-7H,1H3,(H,21,25). The highest BCUT2D eigenvalue weighted by Gasteiger charge is 2.21. The molecule has 0 spiro atoms. The van der Waals surface area contributed by atoms with E-state index in [-0.39, 0.29) is 0 Å². The predicted molar refractivity (Wildman–Crippen MR) is 101 cm³/mol. The number of hydrogen-bond donors (Lipinski definition) is 1. The van der Waals surface area contributed by atoms with Gasteiger partial charge < -0.3 is 5.32 Å². The first-order chi connectivity index (χ1) is 11.9. The van der Waals surface area contributed by atoms with E-state index in [9.17, 15) is 4.79 Å². The van der Waals surface area contributed by atoms with Gasteiger partial charge in [-0.15, -0.1) is 10.2 Å². The van der Waals surface area contributed by atoms with Gasteiger partial charge in [-0.3, -0.25) is 0 Å². The number of hydrogen-bond acceptors (Lipinski definition) is 3. The van der Waals surface area contributed by atoms with E-state index < -0.39 is 6.03 Å². The molecule has 0 saturated heterocycles. The van der Waals surface area contributed by atoms with Gasteiger partial charge in [-0.25, -0.2) is 4.79 Å². The molecule has 9 heteroatoms. The van der Waals surface area contributed by atoms with Gasteiger partial charge in [-0.05, 0) is 36.4 Å². The van der Waals surface area contributed by atoms with Crippen LogP contribution in [0.3, 0.4) is 0 Å². The summed E-state index contributed by atoms with van der Waals surface area (Å²) < 4.78 is 0. The fourth-order valence-corrected chi connectivity index (χ4v) is 3.22. The Labute approximate surface area is 163 Å².